The van der Waals surface area contributed by atoms with Crippen molar-refractivity contribution in [3.05, 3.63) is 33.3 Å². The molecule has 0 saturated heterocycles. The van der Waals surface area contributed by atoms with Gasteiger partial charge in [-0.05, 0) is 40.5 Å². The van der Waals surface area contributed by atoms with Crippen molar-refractivity contribution in [1.82, 2.24) is 5.32 Å². The molecule has 1 rings (SSSR count). The number of carboxylic acids is 1. The van der Waals surface area contributed by atoms with Gasteiger partial charge in [0.1, 0.15) is 6.04 Å². The maximum absolute atomic E-state index is 11.7. The number of hydrogen-bond acceptors (Lipinski definition) is 2. The Bertz CT molecular complexity index is 450. The van der Waals surface area contributed by atoms with Crippen molar-refractivity contribution >= 4 is 39.4 Å². The van der Waals surface area contributed by atoms with Gasteiger partial charge in [0.2, 0.25) is 0 Å². The minimum Gasteiger partial charge on any atom is -0.480 e. The summed E-state index contributed by atoms with van der Waals surface area (Å²) in [5.41, 5.74) is 0.362. The molecule has 0 unspecified atom stereocenters. The Hall–Kier alpha value is -1.07. The summed E-state index contributed by atoms with van der Waals surface area (Å²) in [5.74, 6) is -1.48. The zero-order valence-electron chi connectivity index (χ0n) is 9.04. The summed E-state index contributed by atoms with van der Waals surface area (Å²) in [5, 5.41) is 11.7. The van der Waals surface area contributed by atoms with E-state index in [9.17, 15) is 9.59 Å². The number of aliphatic carboxylic acids is 1. The Kier molecular flexibility index (Phi) is 4.96. The Labute approximate surface area is 112 Å². The second kappa shape index (κ2) is 6.02. The summed E-state index contributed by atoms with van der Waals surface area (Å²) in [6.07, 6.45) is 0.329. The van der Waals surface area contributed by atoms with Crippen molar-refractivity contribution in [3.63, 3.8) is 0 Å². The molecule has 17 heavy (non-hydrogen) atoms. The van der Waals surface area contributed by atoms with Crippen LogP contribution in [0.1, 0.15) is 23.7 Å². The number of carboxylic acid groups (broad SMARTS) is 1. The van der Waals surface area contributed by atoms with Crippen LogP contribution >= 0.6 is 27.5 Å². The van der Waals surface area contributed by atoms with Crippen LogP contribution in [-0.2, 0) is 4.79 Å². The molecule has 1 aromatic rings. The first-order chi connectivity index (χ1) is 7.95. The predicted octanol–water partition coefficient (Wildman–Crippen LogP) is 2.70. The molecule has 0 aromatic heterocycles. The van der Waals surface area contributed by atoms with E-state index in [4.69, 9.17) is 16.7 Å². The second-order valence-corrected chi connectivity index (χ2v) is 4.66. The second-order valence-electron chi connectivity index (χ2n) is 3.40. The first-order valence-electron chi connectivity index (χ1n) is 4.94. The van der Waals surface area contributed by atoms with Crippen LogP contribution in [0.15, 0.2) is 22.7 Å². The predicted molar refractivity (Wildman–Crippen MR) is 68.3 cm³/mol. The number of carbonyl (C=O) groups excluding carboxylic acids is 1. The molecule has 92 valence electrons. The van der Waals surface area contributed by atoms with Crippen molar-refractivity contribution in [1.29, 1.82) is 0 Å². The molecule has 0 saturated carbocycles. The number of hydrogen-bond donors (Lipinski definition) is 2. The lowest BCUT2D eigenvalue weighted by Crippen LogP contribution is -2.40. The van der Waals surface area contributed by atoms with Gasteiger partial charge in [0.25, 0.3) is 5.91 Å². The molecule has 2 N–H and O–H groups in total. The van der Waals surface area contributed by atoms with Crippen molar-refractivity contribution in [2.45, 2.75) is 19.4 Å². The van der Waals surface area contributed by atoms with Gasteiger partial charge in [0, 0.05) is 10.0 Å². The van der Waals surface area contributed by atoms with Crippen LogP contribution in [0.4, 0.5) is 0 Å². The van der Waals surface area contributed by atoms with Gasteiger partial charge < -0.3 is 10.4 Å². The number of benzene rings is 1. The van der Waals surface area contributed by atoms with Gasteiger partial charge in [-0.15, -0.1) is 0 Å². The zero-order chi connectivity index (χ0) is 13.0. The number of nitrogens with one attached hydrogen (secondary N) is 1. The summed E-state index contributed by atoms with van der Waals surface area (Å²) in [4.78, 5) is 22.5. The highest BCUT2D eigenvalue weighted by Crippen LogP contribution is 2.23. The maximum Gasteiger partial charge on any atom is 0.326 e. The van der Waals surface area contributed by atoms with E-state index in [0.717, 1.165) is 0 Å². The summed E-state index contributed by atoms with van der Waals surface area (Å²) < 4.78 is 0.593. The van der Waals surface area contributed by atoms with Crippen molar-refractivity contribution < 1.29 is 14.7 Å². The number of carbonyl (C=O) groups is 2. The monoisotopic (exact) mass is 319 g/mol. The molecular weight excluding hydrogens is 309 g/mol. The molecule has 1 aromatic carbocycles. The van der Waals surface area contributed by atoms with Crippen LogP contribution in [0.2, 0.25) is 5.02 Å². The van der Waals surface area contributed by atoms with E-state index in [1.807, 2.05) is 0 Å². The third-order valence-corrected chi connectivity index (χ3v) is 3.41. The average Bonchev–Trinajstić information content (AvgIpc) is 2.28. The van der Waals surface area contributed by atoms with Crippen LogP contribution in [0, 0.1) is 0 Å². The van der Waals surface area contributed by atoms with Gasteiger partial charge in [0.05, 0.1) is 5.02 Å². The van der Waals surface area contributed by atoms with E-state index >= 15 is 0 Å². The first-order valence-corrected chi connectivity index (χ1v) is 6.11. The smallest absolute Gasteiger partial charge is 0.326 e. The molecule has 0 aliphatic heterocycles. The van der Waals surface area contributed by atoms with Gasteiger partial charge in [-0.2, -0.15) is 0 Å². The Morgan fingerprint density at radius 2 is 2.18 bits per heavy atom. The van der Waals surface area contributed by atoms with Gasteiger partial charge in [-0.1, -0.05) is 18.5 Å². The Morgan fingerprint density at radius 3 is 2.65 bits per heavy atom. The molecule has 0 heterocycles. The highest BCUT2D eigenvalue weighted by molar-refractivity contribution is 9.10. The minimum atomic E-state index is -1.05. The highest BCUT2D eigenvalue weighted by Gasteiger charge is 2.18. The number of rotatable bonds is 4. The lowest BCUT2D eigenvalue weighted by Gasteiger charge is -2.12. The molecule has 6 heteroatoms. The number of amides is 1. The molecular formula is C11H11BrClNO3. The molecule has 0 fully saturated rings. The van der Waals surface area contributed by atoms with Crippen LogP contribution in [0.25, 0.3) is 0 Å². The summed E-state index contributed by atoms with van der Waals surface area (Å²) in [6, 6.07) is 3.78. The topological polar surface area (TPSA) is 66.4 Å². The highest BCUT2D eigenvalue weighted by atomic mass is 79.9. The quantitative estimate of drug-likeness (QED) is 0.896. The van der Waals surface area contributed by atoms with E-state index in [-0.39, 0.29) is 0 Å². The van der Waals surface area contributed by atoms with E-state index in [0.29, 0.717) is 21.5 Å². The lowest BCUT2D eigenvalue weighted by molar-refractivity contribution is -0.139. The van der Waals surface area contributed by atoms with Crippen LogP contribution in [-0.4, -0.2) is 23.0 Å². The van der Waals surface area contributed by atoms with E-state index in [1.54, 1.807) is 19.1 Å². The fourth-order valence-corrected chi connectivity index (χ4v) is 1.71. The van der Waals surface area contributed by atoms with Gasteiger partial charge in [-0.3, -0.25) is 4.79 Å². The molecule has 1 amide bonds. The molecule has 0 bridgehead atoms. The molecule has 0 spiro atoms. The van der Waals surface area contributed by atoms with E-state index in [2.05, 4.69) is 21.2 Å². The van der Waals surface area contributed by atoms with E-state index in [1.165, 1.54) is 6.07 Å². The van der Waals surface area contributed by atoms with E-state index < -0.39 is 17.9 Å². The summed E-state index contributed by atoms with van der Waals surface area (Å²) in [7, 11) is 0. The average molecular weight is 321 g/mol. The number of halogens is 2. The maximum atomic E-state index is 11.7. The van der Waals surface area contributed by atoms with Crippen LogP contribution < -0.4 is 5.32 Å². The minimum absolute atomic E-state index is 0.329. The normalized spacial score (nSPS) is 11.9. The van der Waals surface area contributed by atoms with Crippen molar-refractivity contribution in [3.8, 4) is 0 Å². The third-order valence-electron chi connectivity index (χ3n) is 2.19. The van der Waals surface area contributed by atoms with Crippen molar-refractivity contribution in [2.24, 2.45) is 0 Å². The molecule has 0 aliphatic carbocycles. The van der Waals surface area contributed by atoms with Crippen LogP contribution in [0.5, 0.6) is 0 Å². The molecule has 1 atom stereocenters. The van der Waals surface area contributed by atoms with Crippen molar-refractivity contribution in [2.75, 3.05) is 0 Å². The fraction of sp³-hybridized carbons (Fsp3) is 0.273. The summed E-state index contributed by atoms with van der Waals surface area (Å²) >= 11 is 8.99. The molecule has 4 nitrogen and oxygen atoms in total. The summed E-state index contributed by atoms with van der Waals surface area (Å²) in [6.45, 7) is 1.69. The molecule has 0 radical (unpaired) electrons. The van der Waals surface area contributed by atoms with Gasteiger partial charge >= 0.3 is 5.97 Å². The molecule has 0 aliphatic rings. The Balaban J connectivity index is 2.82. The Morgan fingerprint density at radius 1 is 1.53 bits per heavy atom. The first kappa shape index (κ1) is 14.0. The van der Waals surface area contributed by atoms with Crippen LogP contribution in [0.3, 0.4) is 0 Å². The zero-order valence-corrected chi connectivity index (χ0v) is 11.4. The SMILES string of the molecule is CC[C@H](NC(=O)c1ccc(Cl)c(Br)c1)C(=O)O. The largest absolute Gasteiger partial charge is 0.480 e. The third kappa shape index (κ3) is 3.71. The van der Waals surface area contributed by atoms with Gasteiger partial charge in [-0.25, -0.2) is 4.79 Å². The fourth-order valence-electron chi connectivity index (χ4n) is 1.22. The standard InChI is InChI=1S/C11H11BrClNO3/c1-2-9(11(16)17)14-10(15)6-3-4-8(13)7(12)5-6/h3-5,9H,2H2,1H3,(H,14,15)(H,16,17)/t9-/m0/s1. The lowest BCUT2D eigenvalue weighted by atomic mass is 10.1. The van der Waals surface area contributed by atoms with Gasteiger partial charge in [0.15, 0.2) is 0 Å².